The molecule has 0 aliphatic carbocycles. The third-order valence-electron chi connectivity index (χ3n) is 5.38. The minimum Gasteiger partial charge on any atom is -0.497 e. The number of nitrogens with zero attached hydrogens (tertiary/aromatic N) is 1. The molecule has 1 aromatic carbocycles. The van der Waals surface area contributed by atoms with Crippen LogP contribution in [0.5, 0.6) is 5.75 Å². The van der Waals surface area contributed by atoms with Gasteiger partial charge in [-0.15, -0.1) is 0 Å². The summed E-state index contributed by atoms with van der Waals surface area (Å²) in [6, 6.07) is 7.10. The molecule has 2 fully saturated rings. The molecular formula is C17H21NO3. The number of piperidine rings is 1. The van der Waals surface area contributed by atoms with Crippen molar-refractivity contribution in [3.63, 3.8) is 0 Å². The molecule has 0 radical (unpaired) electrons. The summed E-state index contributed by atoms with van der Waals surface area (Å²) in [5, 5.41) is 0. The van der Waals surface area contributed by atoms with E-state index in [9.17, 15) is 4.79 Å². The first-order valence-electron chi connectivity index (χ1n) is 7.82. The maximum atomic E-state index is 12.0. The zero-order valence-electron chi connectivity index (χ0n) is 12.5. The fourth-order valence-corrected chi connectivity index (χ4v) is 4.45. The number of methoxy groups -OCH3 is 1. The van der Waals surface area contributed by atoms with E-state index in [-0.39, 0.29) is 24.0 Å². The van der Waals surface area contributed by atoms with Crippen molar-refractivity contribution in [3.8, 4) is 5.75 Å². The fourth-order valence-electron chi connectivity index (χ4n) is 4.45. The zero-order valence-corrected chi connectivity index (χ0v) is 12.5. The Labute approximate surface area is 125 Å². The second-order valence-corrected chi connectivity index (χ2v) is 6.38. The van der Waals surface area contributed by atoms with Gasteiger partial charge in [-0.3, -0.25) is 9.69 Å². The molecule has 4 atom stereocenters. The predicted molar refractivity (Wildman–Crippen MR) is 78.2 cm³/mol. The highest BCUT2D eigenvalue weighted by molar-refractivity contribution is 5.76. The minimum atomic E-state index is 0.00600. The van der Waals surface area contributed by atoms with Crippen molar-refractivity contribution in [3.05, 3.63) is 29.3 Å². The summed E-state index contributed by atoms with van der Waals surface area (Å²) in [5.74, 6) is 1.02. The first-order chi connectivity index (χ1) is 10.2. The van der Waals surface area contributed by atoms with E-state index < -0.39 is 0 Å². The van der Waals surface area contributed by atoms with Gasteiger partial charge in [-0.1, -0.05) is 6.07 Å². The number of hydrogen-bond donors (Lipinski definition) is 0. The van der Waals surface area contributed by atoms with E-state index in [1.54, 1.807) is 7.11 Å². The molecule has 0 N–H and O–H groups in total. The average Bonchev–Trinajstić information content (AvgIpc) is 2.81. The van der Waals surface area contributed by atoms with Crippen LogP contribution >= 0.6 is 0 Å². The molecule has 1 aromatic rings. The van der Waals surface area contributed by atoms with Gasteiger partial charge >= 0.3 is 5.97 Å². The van der Waals surface area contributed by atoms with Crippen molar-refractivity contribution in [2.75, 3.05) is 13.7 Å². The Bertz CT molecular complexity index is 585. The summed E-state index contributed by atoms with van der Waals surface area (Å²) >= 11 is 0. The van der Waals surface area contributed by atoms with Crippen LogP contribution in [0.15, 0.2) is 18.2 Å². The van der Waals surface area contributed by atoms with Gasteiger partial charge in [0.15, 0.2) is 0 Å². The van der Waals surface area contributed by atoms with Crippen molar-refractivity contribution >= 4 is 5.97 Å². The van der Waals surface area contributed by atoms with Crippen molar-refractivity contribution in [2.45, 2.75) is 44.4 Å². The number of carbonyl (C=O) groups is 1. The smallest absolute Gasteiger partial charge is 0.310 e. The summed E-state index contributed by atoms with van der Waals surface area (Å²) in [7, 11) is 1.71. The van der Waals surface area contributed by atoms with E-state index in [1.165, 1.54) is 11.1 Å². The van der Waals surface area contributed by atoms with Gasteiger partial charge in [-0.2, -0.15) is 0 Å². The van der Waals surface area contributed by atoms with Crippen LogP contribution in [0.1, 0.15) is 36.9 Å². The Morgan fingerprint density at radius 3 is 3.00 bits per heavy atom. The van der Waals surface area contributed by atoms with E-state index in [4.69, 9.17) is 9.47 Å². The minimum absolute atomic E-state index is 0.00600. The molecule has 3 aliphatic rings. The third-order valence-corrected chi connectivity index (χ3v) is 5.38. The van der Waals surface area contributed by atoms with Gasteiger partial charge in [-0.25, -0.2) is 0 Å². The summed E-state index contributed by atoms with van der Waals surface area (Å²) in [4.78, 5) is 14.5. The van der Waals surface area contributed by atoms with Gasteiger partial charge in [0.25, 0.3) is 0 Å². The molecule has 4 rings (SSSR count). The highest BCUT2D eigenvalue weighted by Crippen LogP contribution is 2.46. The Balaban J connectivity index is 1.69. The highest BCUT2D eigenvalue weighted by Gasteiger charge is 2.51. The van der Waals surface area contributed by atoms with Crippen LogP contribution in [0, 0.1) is 5.92 Å². The number of fused-ring (bicyclic) bond motifs is 5. The Morgan fingerprint density at radius 2 is 2.19 bits per heavy atom. The normalized spacial score (nSPS) is 34.7. The third kappa shape index (κ3) is 1.89. The van der Waals surface area contributed by atoms with Crippen molar-refractivity contribution in [1.82, 2.24) is 4.90 Å². The summed E-state index contributed by atoms with van der Waals surface area (Å²) in [6.07, 6.45) is 3.03. The zero-order chi connectivity index (χ0) is 14.6. The van der Waals surface area contributed by atoms with Gasteiger partial charge in [0.2, 0.25) is 0 Å². The molecule has 0 bridgehead atoms. The van der Waals surface area contributed by atoms with Gasteiger partial charge in [0.05, 0.1) is 19.1 Å². The van der Waals surface area contributed by atoms with Crippen LogP contribution in [0.25, 0.3) is 0 Å². The van der Waals surface area contributed by atoms with Gasteiger partial charge in [0.1, 0.15) is 11.9 Å². The highest BCUT2D eigenvalue weighted by atomic mass is 16.6. The number of carbonyl (C=O) groups excluding carboxylic acids is 1. The quantitative estimate of drug-likeness (QED) is 0.743. The maximum Gasteiger partial charge on any atom is 0.310 e. The first-order valence-corrected chi connectivity index (χ1v) is 7.82. The van der Waals surface area contributed by atoms with Gasteiger partial charge in [-0.05, 0) is 49.4 Å². The summed E-state index contributed by atoms with van der Waals surface area (Å²) in [6.45, 7) is 3.04. The van der Waals surface area contributed by atoms with Crippen molar-refractivity contribution in [2.24, 2.45) is 5.92 Å². The maximum absolute atomic E-state index is 12.0. The molecule has 21 heavy (non-hydrogen) atoms. The van der Waals surface area contributed by atoms with Crippen molar-refractivity contribution in [1.29, 1.82) is 0 Å². The van der Waals surface area contributed by atoms with E-state index >= 15 is 0 Å². The number of esters is 1. The van der Waals surface area contributed by atoms with Crippen LogP contribution < -0.4 is 4.74 Å². The molecule has 2 saturated heterocycles. The standard InChI is InChI=1S/C17H21NO3/c1-10-16-14(17(19)21-10)5-6-15-13-4-3-12(20-2)9-11(13)7-8-18(15)16/h3-4,9-10,14-16H,5-8H2,1-2H3/t10-,14-,15+,16+/m0/s1. The largest absolute Gasteiger partial charge is 0.497 e. The molecule has 0 saturated carbocycles. The Kier molecular flexibility index (Phi) is 2.96. The lowest BCUT2D eigenvalue weighted by atomic mass is 9.79. The molecule has 112 valence electrons. The lowest BCUT2D eigenvalue weighted by Gasteiger charge is -2.46. The number of rotatable bonds is 1. The molecule has 3 aliphatic heterocycles. The number of cyclic esters (lactones) is 1. The predicted octanol–water partition coefficient (Wildman–Crippen LogP) is 2.32. The molecule has 4 nitrogen and oxygen atoms in total. The average molecular weight is 287 g/mol. The van der Waals surface area contributed by atoms with Crippen LogP contribution in [0.2, 0.25) is 0 Å². The molecule has 0 unspecified atom stereocenters. The topological polar surface area (TPSA) is 38.8 Å². The second kappa shape index (κ2) is 4.73. The Hall–Kier alpha value is -1.55. The van der Waals surface area contributed by atoms with E-state index in [2.05, 4.69) is 17.0 Å². The SMILES string of the molecule is COc1ccc2c(c1)CCN1[C@@H]3[C@H](C)OC(=O)[C@H]3CC[C@H]21. The lowest BCUT2D eigenvalue weighted by Crippen LogP contribution is -2.52. The molecule has 0 amide bonds. The molecular weight excluding hydrogens is 266 g/mol. The van der Waals surface area contributed by atoms with E-state index in [0.717, 1.165) is 31.6 Å². The first kappa shape index (κ1) is 13.1. The summed E-state index contributed by atoms with van der Waals surface area (Å²) < 4.78 is 10.8. The number of ether oxygens (including phenoxy) is 2. The van der Waals surface area contributed by atoms with E-state index in [0.29, 0.717) is 6.04 Å². The second-order valence-electron chi connectivity index (χ2n) is 6.38. The van der Waals surface area contributed by atoms with Gasteiger partial charge < -0.3 is 9.47 Å². The number of hydrogen-bond acceptors (Lipinski definition) is 4. The fraction of sp³-hybridized carbons (Fsp3) is 0.588. The van der Waals surface area contributed by atoms with Crippen LogP contribution in [0.4, 0.5) is 0 Å². The number of benzene rings is 1. The lowest BCUT2D eigenvalue weighted by molar-refractivity contribution is -0.144. The van der Waals surface area contributed by atoms with Crippen molar-refractivity contribution < 1.29 is 14.3 Å². The van der Waals surface area contributed by atoms with Crippen LogP contribution in [-0.2, 0) is 16.0 Å². The molecule has 0 aromatic heterocycles. The van der Waals surface area contributed by atoms with E-state index in [1.807, 2.05) is 13.0 Å². The summed E-state index contributed by atoms with van der Waals surface area (Å²) in [5.41, 5.74) is 2.80. The molecule has 4 heteroatoms. The van der Waals surface area contributed by atoms with Crippen LogP contribution in [0.3, 0.4) is 0 Å². The monoisotopic (exact) mass is 287 g/mol. The Morgan fingerprint density at radius 1 is 1.33 bits per heavy atom. The molecule has 0 spiro atoms. The van der Waals surface area contributed by atoms with Gasteiger partial charge in [0, 0.05) is 12.6 Å². The van der Waals surface area contributed by atoms with Crippen LogP contribution in [-0.4, -0.2) is 36.7 Å². The molecule has 3 heterocycles.